The number of fused-ring (bicyclic) bond motifs is 3. The molecule has 0 fully saturated rings. The number of unbranched alkanes of at least 4 members (excludes halogenated alkanes) is 1. The van der Waals surface area contributed by atoms with Crippen molar-refractivity contribution in [2.45, 2.75) is 26.2 Å². The summed E-state index contributed by atoms with van der Waals surface area (Å²) in [4.78, 5) is 14.8. The third-order valence-electron chi connectivity index (χ3n) is 4.49. The van der Waals surface area contributed by atoms with Gasteiger partial charge in [-0.25, -0.2) is 4.79 Å². The molecule has 25 heavy (non-hydrogen) atoms. The van der Waals surface area contributed by atoms with Crippen molar-refractivity contribution in [2.75, 3.05) is 27.2 Å². The molecule has 1 aromatic carbocycles. The number of aromatic nitrogens is 1. The fourth-order valence-corrected chi connectivity index (χ4v) is 3.09. The minimum absolute atomic E-state index is 0.229. The van der Waals surface area contributed by atoms with Crippen LogP contribution in [0.4, 0.5) is 0 Å². The topological polar surface area (TPSA) is 34.0 Å². The summed E-state index contributed by atoms with van der Waals surface area (Å²) in [5.41, 5.74) is 3.92. The predicted octanol–water partition coefficient (Wildman–Crippen LogP) is 4.15. The zero-order chi connectivity index (χ0) is 17.8. The first-order valence-corrected chi connectivity index (χ1v) is 8.95. The molecule has 3 rings (SSSR count). The number of carbonyl (C=O) groups excluding carboxylic acids is 1. The van der Waals surface area contributed by atoms with Gasteiger partial charge in [0.25, 0.3) is 0 Å². The highest BCUT2D eigenvalue weighted by atomic mass is 16.5. The largest absolute Gasteiger partial charge is 0.462 e. The van der Waals surface area contributed by atoms with Crippen LogP contribution in [0.3, 0.4) is 0 Å². The van der Waals surface area contributed by atoms with Crippen molar-refractivity contribution >= 4 is 22.4 Å². The van der Waals surface area contributed by atoms with E-state index >= 15 is 0 Å². The molecule has 0 atom stereocenters. The number of esters is 1. The maximum absolute atomic E-state index is 12.7. The standard InChI is InChI=1S/C21H26N2O2/c1-4-5-14-25-21(24)20-17-10-9-16(11-13-22(2)3)15-19(17)23-12-7-6-8-18(20)23/h6-10,12,15H,4-5,11,13-14H2,1-3H3. The monoisotopic (exact) mass is 338 g/mol. The number of nitrogens with zero attached hydrogens (tertiary/aromatic N) is 2. The summed E-state index contributed by atoms with van der Waals surface area (Å²) < 4.78 is 7.58. The maximum Gasteiger partial charge on any atom is 0.340 e. The Kier molecular flexibility index (Phi) is 5.39. The first kappa shape index (κ1) is 17.5. The van der Waals surface area contributed by atoms with E-state index in [4.69, 9.17) is 4.74 Å². The third-order valence-corrected chi connectivity index (χ3v) is 4.49. The highest BCUT2D eigenvalue weighted by Crippen LogP contribution is 2.28. The van der Waals surface area contributed by atoms with Crippen LogP contribution in [0.2, 0.25) is 0 Å². The quantitative estimate of drug-likeness (QED) is 0.479. The van der Waals surface area contributed by atoms with Crippen LogP contribution in [0.1, 0.15) is 35.7 Å². The SMILES string of the molecule is CCCCOC(=O)c1c2ccc(CCN(C)C)cc2n2ccccc12. The van der Waals surface area contributed by atoms with Crippen molar-refractivity contribution in [1.82, 2.24) is 9.30 Å². The molecule has 2 aromatic heterocycles. The molecule has 4 heteroatoms. The van der Waals surface area contributed by atoms with Gasteiger partial charge in [-0.2, -0.15) is 0 Å². The molecule has 3 aromatic rings. The van der Waals surface area contributed by atoms with Gasteiger partial charge < -0.3 is 14.0 Å². The van der Waals surface area contributed by atoms with Crippen molar-refractivity contribution in [1.29, 1.82) is 0 Å². The Morgan fingerprint density at radius 1 is 1.16 bits per heavy atom. The molecule has 0 unspecified atom stereocenters. The molecule has 0 aliphatic heterocycles. The summed E-state index contributed by atoms with van der Waals surface area (Å²) in [6.45, 7) is 3.56. The van der Waals surface area contributed by atoms with Crippen molar-refractivity contribution in [3.05, 3.63) is 53.7 Å². The first-order valence-electron chi connectivity index (χ1n) is 8.95. The van der Waals surface area contributed by atoms with Gasteiger partial charge in [0.05, 0.1) is 23.2 Å². The number of ether oxygens (including phenoxy) is 1. The minimum Gasteiger partial charge on any atom is -0.462 e. The summed E-state index contributed by atoms with van der Waals surface area (Å²) >= 11 is 0. The molecule has 0 N–H and O–H groups in total. The average molecular weight is 338 g/mol. The lowest BCUT2D eigenvalue weighted by molar-refractivity contribution is 0.0504. The second-order valence-corrected chi connectivity index (χ2v) is 6.73. The number of hydrogen-bond donors (Lipinski definition) is 0. The highest BCUT2D eigenvalue weighted by Gasteiger charge is 2.19. The number of hydrogen-bond acceptors (Lipinski definition) is 3. The fourth-order valence-electron chi connectivity index (χ4n) is 3.09. The molecular weight excluding hydrogens is 312 g/mol. The number of pyridine rings is 1. The van der Waals surface area contributed by atoms with Crippen LogP contribution in [0.15, 0.2) is 42.6 Å². The molecule has 0 bridgehead atoms. The molecule has 0 saturated heterocycles. The molecule has 2 heterocycles. The Hall–Kier alpha value is -2.33. The molecule has 0 saturated carbocycles. The Balaban J connectivity index is 2.04. The number of rotatable bonds is 7. The van der Waals surface area contributed by atoms with E-state index in [9.17, 15) is 4.79 Å². The van der Waals surface area contributed by atoms with Crippen LogP contribution in [-0.4, -0.2) is 42.5 Å². The summed E-state index contributed by atoms with van der Waals surface area (Å²) in [6, 6.07) is 12.3. The van der Waals surface area contributed by atoms with Gasteiger partial charge in [0.15, 0.2) is 0 Å². The lowest BCUT2D eigenvalue weighted by Crippen LogP contribution is -2.14. The van der Waals surface area contributed by atoms with Gasteiger partial charge in [0.1, 0.15) is 0 Å². The second-order valence-electron chi connectivity index (χ2n) is 6.73. The Labute approximate surface area is 149 Å². The molecule has 4 nitrogen and oxygen atoms in total. The van der Waals surface area contributed by atoms with Gasteiger partial charge in [-0.15, -0.1) is 0 Å². The van der Waals surface area contributed by atoms with E-state index < -0.39 is 0 Å². The molecule has 0 aliphatic carbocycles. The maximum atomic E-state index is 12.7. The highest BCUT2D eigenvalue weighted by molar-refractivity contribution is 6.11. The van der Waals surface area contributed by atoms with E-state index in [0.29, 0.717) is 12.2 Å². The summed E-state index contributed by atoms with van der Waals surface area (Å²) in [5, 5.41) is 0.960. The Morgan fingerprint density at radius 3 is 2.76 bits per heavy atom. The third kappa shape index (κ3) is 3.69. The lowest BCUT2D eigenvalue weighted by atomic mass is 10.1. The molecule has 0 aliphatic rings. The first-order chi connectivity index (χ1) is 12.1. The normalized spacial score (nSPS) is 11.5. The number of benzene rings is 1. The Bertz CT molecular complexity index is 880. The van der Waals surface area contributed by atoms with E-state index in [2.05, 4.69) is 48.5 Å². The van der Waals surface area contributed by atoms with Crippen LogP contribution in [0.25, 0.3) is 16.4 Å². The van der Waals surface area contributed by atoms with Gasteiger partial charge in [0.2, 0.25) is 0 Å². The number of carbonyl (C=O) groups is 1. The van der Waals surface area contributed by atoms with Crippen LogP contribution in [-0.2, 0) is 11.2 Å². The molecule has 0 amide bonds. The lowest BCUT2D eigenvalue weighted by Gasteiger charge is -2.09. The average Bonchev–Trinajstić information content (AvgIpc) is 2.94. The molecular formula is C21H26N2O2. The molecule has 0 spiro atoms. The van der Waals surface area contributed by atoms with Crippen LogP contribution in [0.5, 0.6) is 0 Å². The van der Waals surface area contributed by atoms with E-state index in [1.165, 1.54) is 5.56 Å². The number of likely N-dealkylation sites (N-methyl/N-ethyl adjacent to an activating group) is 1. The van der Waals surface area contributed by atoms with Gasteiger partial charge in [-0.1, -0.05) is 31.5 Å². The zero-order valence-corrected chi connectivity index (χ0v) is 15.3. The van der Waals surface area contributed by atoms with Crippen molar-refractivity contribution in [2.24, 2.45) is 0 Å². The zero-order valence-electron chi connectivity index (χ0n) is 15.3. The van der Waals surface area contributed by atoms with Crippen molar-refractivity contribution in [3.63, 3.8) is 0 Å². The summed E-state index contributed by atoms with van der Waals surface area (Å²) in [7, 11) is 4.16. The van der Waals surface area contributed by atoms with Gasteiger partial charge in [0, 0.05) is 18.1 Å². The molecule has 132 valence electrons. The van der Waals surface area contributed by atoms with Crippen LogP contribution < -0.4 is 0 Å². The van der Waals surface area contributed by atoms with E-state index in [-0.39, 0.29) is 5.97 Å². The van der Waals surface area contributed by atoms with E-state index in [0.717, 1.165) is 42.2 Å². The van der Waals surface area contributed by atoms with Crippen LogP contribution >= 0.6 is 0 Å². The van der Waals surface area contributed by atoms with E-state index in [1.54, 1.807) is 0 Å². The van der Waals surface area contributed by atoms with Crippen LogP contribution in [0, 0.1) is 0 Å². The van der Waals surface area contributed by atoms with Gasteiger partial charge in [-0.05, 0) is 50.7 Å². The minimum atomic E-state index is -0.229. The van der Waals surface area contributed by atoms with Gasteiger partial charge in [-0.3, -0.25) is 0 Å². The summed E-state index contributed by atoms with van der Waals surface area (Å²) in [6.07, 6.45) is 4.90. The predicted molar refractivity (Wildman–Crippen MR) is 102 cm³/mol. The fraction of sp³-hybridized carbons (Fsp3) is 0.381. The second kappa shape index (κ2) is 7.70. The van der Waals surface area contributed by atoms with Crippen molar-refractivity contribution < 1.29 is 9.53 Å². The van der Waals surface area contributed by atoms with Gasteiger partial charge >= 0.3 is 5.97 Å². The Morgan fingerprint density at radius 2 is 2.00 bits per heavy atom. The smallest absolute Gasteiger partial charge is 0.340 e. The van der Waals surface area contributed by atoms with E-state index in [1.807, 2.05) is 24.4 Å². The molecule has 0 radical (unpaired) electrons. The summed E-state index contributed by atoms with van der Waals surface area (Å²) in [5.74, 6) is -0.229. The van der Waals surface area contributed by atoms with Crippen molar-refractivity contribution in [3.8, 4) is 0 Å².